The standard InChI is InChI=1S/C17H23FN2O6S2/c1-2-26-17(21)20-9-7-19(8-10-20)15-11-27(22,23)12-16(15)28(24,25)14-5-3-13(18)4-6-14/h3-6,15-16H,2,7-12H2,1H3/t15-,16-/m1/s1. The molecule has 11 heteroatoms. The third kappa shape index (κ3) is 4.31. The zero-order chi connectivity index (χ0) is 20.5. The Morgan fingerprint density at radius 2 is 1.75 bits per heavy atom. The number of carbonyl (C=O) groups excluding carboxylic acids is 1. The fourth-order valence-corrected chi connectivity index (χ4v) is 8.51. The van der Waals surface area contributed by atoms with Crippen molar-refractivity contribution in [2.24, 2.45) is 0 Å². The molecule has 1 aromatic rings. The Morgan fingerprint density at radius 3 is 2.32 bits per heavy atom. The second-order valence-corrected chi connectivity index (χ2v) is 11.2. The number of hydrogen-bond acceptors (Lipinski definition) is 7. The van der Waals surface area contributed by atoms with Gasteiger partial charge in [-0.2, -0.15) is 0 Å². The summed E-state index contributed by atoms with van der Waals surface area (Å²) in [6.07, 6.45) is -0.434. The second kappa shape index (κ2) is 7.96. The van der Waals surface area contributed by atoms with Crippen LogP contribution in [0.3, 0.4) is 0 Å². The van der Waals surface area contributed by atoms with Crippen molar-refractivity contribution >= 4 is 25.8 Å². The Hall–Kier alpha value is -1.72. The number of hydrogen-bond donors (Lipinski definition) is 0. The van der Waals surface area contributed by atoms with E-state index in [0.717, 1.165) is 24.3 Å². The largest absolute Gasteiger partial charge is 0.450 e. The lowest BCUT2D eigenvalue weighted by Crippen LogP contribution is -2.55. The van der Waals surface area contributed by atoms with E-state index in [0.29, 0.717) is 26.2 Å². The van der Waals surface area contributed by atoms with Gasteiger partial charge in [-0.05, 0) is 31.2 Å². The highest BCUT2D eigenvalue weighted by molar-refractivity contribution is 7.96. The number of halogens is 1. The summed E-state index contributed by atoms with van der Waals surface area (Å²) in [5, 5.41) is -1.13. The molecule has 0 saturated carbocycles. The highest BCUT2D eigenvalue weighted by Gasteiger charge is 2.48. The Bertz CT molecular complexity index is 925. The maximum atomic E-state index is 13.2. The molecule has 0 N–H and O–H groups in total. The number of carbonyl (C=O) groups is 1. The first-order valence-corrected chi connectivity index (χ1v) is 12.4. The average Bonchev–Trinajstić information content (AvgIpc) is 2.99. The number of ether oxygens (including phenoxy) is 1. The molecule has 2 fully saturated rings. The number of benzene rings is 1. The maximum absolute atomic E-state index is 13.2. The molecule has 1 amide bonds. The van der Waals surface area contributed by atoms with Crippen molar-refractivity contribution in [2.45, 2.75) is 23.1 Å². The summed E-state index contributed by atoms with van der Waals surface area (Å²) in [6, 6.07) is 3.70. The first-order chi connectivity index (χ1) is 13.1. The minimum Gasteiger partial charge on any atom is -0.450 e. The summed E-state index contributed by atoms with van der Waals surface area (Å²) in [4.78, 5) is 15.1. The van der Waals surface area contributed by atoms with Crippen LogP contribution in [-0.2, 0) is 24.4 Å². The van der Waals surface area contributed by atoms with E-state index in [4.69, 9.17) is 4.74 Å². The van der Waals surface area contributed by atoms with Crippen LogP contribution in [0.25, 0.3) is 0 Å². The van der Waals surface area contributed by atoms with Gasteiger partial charge in [0.1, 0.15) is 5.82 Å². The maximum Gasteiger partial charge on any atom is 0.409 e. The van der Waals surface area contributed by atoms with Crippen molar-refractivity contribution in [2.75, 3.05) is 44.3 Å². The van der Waals surface area contributed by atoms with E-state index in [1.165, 1.54) is 4.90 Å². The molecule has 156 valence electrons. The quantitative estimate of drug-likeness (QED) is 0.638. The molecule has 2 saturated heterocycles. The van der Waals surface area contributed by atoms with Gasteiger partial charge in [-0.1, -0.05) is 0 Å². The molecule has 28 heavy (non-hydrogen) atoms. The topological polar surface area (TPSA) is 101 Å². The van der Waals surface area contributed by atoms with Crippen LogP contribution in [0.4, 0.5) is 9.18 Å². The van der Waals surface area contributed by atoms with Gasteiger partial charge in [0.2, 0.25) is 0 Å². The Kier molecular flexibility index (Phi) is 5.97. The molecule has 2 atom stereocenters. The van der Waals surface area contributed by atoms with Gasteiger partial charge in [-0.15, -0.1) is 0 Å². The van der Waals surface area contributed by atoms with E-state index in [9.17, 15) is 26.0 Å². The van der Waals surface area contributed by atoms with Crippen LogP contribution < -0.4 is 0 Å². The van der Waals surface area contributed by atoms with Gasteiger partial charge in [-0.3, -0.25) is 4.90 Å². The van der Waals surface area contributed by atoms with E-state index >= 15 is 0 Å². The van der Waals surface area contributed by atoms with Gasteiger partial charge in [-0.25, -0.2) is 26.0 Å². The van der Waals surface area contributed by atoms with Gasteiger partial charge in [0.15, 0.2) is 19.7 Å². The summed E-state index contributed by atoms with van der Waals surface area (Å²) >= 11 is 0. The van der Waals surface area contributed by atoms with Gasteiger partial charge >= 0.3 is 6.09 Å². The van der Waals surface area contributed by atoms with Crippen LogP contribution in [0.5, 0.6) is 0 Å². The first kappa shape index (κ1) is 21.0. The van der Waals surface area contributed by atoms with Crippen LogP contribution >= 0.6 is 0 Å². The molecule has 1 aromatic carbocycles. The van der Waals surface area contributed by atoms with Crippen molar-refractivity contribution in [3.05, 3.63) is 30.1 Å². The lowest BCUT2D eigenvalue weighted by molar-refractivity contribution is 0.0700. The Morgan fingerprint density at radius 1 is 1.14 bits per heavy atom. The van der Waals surface area contributed by atoms with Gasteiger partial charge in [0.25, 0.3) is 0 Å². The van der Waals surface area contributed by atoms with Crippen LogP contribution in [0, 0.1) is 5.82 Å². The van der Waals surface area contributed by atoms with Crippen LogP contribution in [0.1, 0.15) is 6.92 Å². The predicted molar refractivity (Wildman–Crippen MR) is 100.0 cm³/mol. The third-order valence-corrected chi connectivity index (χ3v) is 9.26. The predicted octanol–water partition coefficient (Wildman–Crippen LogP) is 0.539. The van der Waals surface area contributed by atoms with Crippen LogP contribution in [-0.4, -0.2) is 88.3 Å². The fraction of sp³-hybridized carbons (Fsp3) is 0.588. The van der Waals surface area contributed by atoms with Crippen molar-refractivity contribution in [3.63, 3.8) is 0 Å². The molecule has 0 unspecified atom stereocenters. The average molecular weight is 435 g/mol. The zero-order valence-corrected chi connectivity index (χ0v) is 17.1. The molecular formula is C17H23FN2O6S2. The summed E-state index contributed by atoms with van der Waals surface area (Å²) in [6.45, 7) is 3.35. The van der Waals surface area contributed by atoms with Gasteiger partial charge in [0, 0.05) is 32.2 Å². The van der Waals surface area contributed by atoms with Crippen molar-refractivity contribution in [3.8, 4) is 0 Å². The van der Waals surface area contributed by atoms with E-state index in [-0.39, 0.29) is 17.3 Å². The molecule has 2 aliphatic rings. The normalized spacial score (nSPS) is 25.6. The Balaban J connectivity index is 1.80. The Labute approximate surface area is 164 Å². The lowest BCUT2D eigenvalue weighted by Gasteiger charge is -2.38. The minimum absolute atomic E-state index is 0.0915. The van der Waals surface area contributed by atoms with Gasteiger partial charge in [0.05, 0.1) is 28.3 Å². The van der Waals surface area contributed by atoms with Crippen LogP contribution in [0.2, 0.25) is 0 Å². The molecule has 2 heterocycles. The molecule has 8 nitrogen and oxygen atoms in total. The van der Waals surface area contributed by atoms with Crippen molar-refractivity contribution < 1.29 is 30.8 Å². The highest BCUT2D eigenvalue weighted by Crippen LogP contribution is 2.29. The van der Waals surface area contributed by atoms with E-state index < -0.39 is 48.6 Å². The SMILES string of the molecule is CCOC(=O)N1CCN([C@@H]2CS(=O)(=O)C[C@H]2S(=O)(=O)c2ccc(F)cc2)CC1. The summed E-state index contributed by atoms with van der Waals surface area (Å²) in [5.74, 6) is -1.28. The van der Waals surface area contributed by atoms with Gasteiger partial charge < -0.3 is 9.64 Å². The molecular weight excluding hydrogens is 411 g/mol. The third-order valence-electron chi connectivity index (χ3n) is 5.12. The second-order valence-electron chi connectivity index (χ2n) is 6.90. The van der Waals surface area contributed by atoms with Crippen molar-refractivity contribution in [1.29, 1.82) is 0 Å². The van der Waals surface area contributed by atoms with Crippen LogP contribution in [0.15, 0.2) is 29.2 Å². The molecule has 0 radical (unpaired) electrons. The van der Waals surface area contributed by atoms with Crippen molar-refractivity contribution in [1.82, 2.24) is 9.80 Å². The molecule has 0 aromatic heterocycles. The van der Waals surface area contributed by atoms with E-state index in [1.54, 1.807) is 6.92 Å². The van der Waals surface area contributed by atoms with E-state index in [1.807, 2.05) is 4.90 Å². The minimum atomic E-state index is -3.96. The monoisotopic (exact) mass is 434 g/mol. The number of sulfone groups is 2. The number of amides is 1. The smallest absolute Gasteiger partial charge is 0.409 e. The number of piperazine rings is 1. The lowest BCUT2D eigenvalue weighted by atomic mass is 10.2. The molecule has 2 aliphatic heterocycles. The highest BCUT2D eigenvalue weighted by atomic mass is 32.2. The van der Waals surface area contributed by atoms with E-state index in [2.05, 4.69) is 0 Å². The molecule has 0 aliphatic carbocycles. The fourth-order valence-electron chi connectivity index (χ4n) is 3.68. The first-order valence-electron chi connectivity index (χ1n) is 8.99. The summed E-state index contributed by atoms with van der Waals surface area (Å²) in [7, 11) is -7.49. The number of rotatable bonds is 4. The zero-order valence-electron chi connectivity index (χ0n) is 15.5. The molecule has 3 rings (SSSR count). The summed E-state index contributed by atoms with van der Waals surface area (Å²) in [5.41, 5.74) is 0. The number of nitrogens with zero attached hydrogens (tertiary/aromatic N) is 2. The molecule has 0 bridgehead atoms. The summed E-state index contributed by atoms with van der Waals surface area (Å²) < 4.78 is 68.7. The molecule has 0 spiro atoms.